The van der Waals surface area contributed by atoms with Crippen LogP contribution in [-0.4, -0.2) is 43.0 Å². The highest BCUT2D eigenvalue weighted by atomic mass is 32.2. The lowest BCUT2D eigenvalue weighted by Gasteiger charge is -2.16. The summed E-state index contributed by atoms with van der Waals surface area (Å²) in [6.07, 6.45) is 3.99. The van der Waals surface area contributed by atoms with Gasteiger partial charge in [0.2, 0.25) is 0 Å². The number of nitrogens with zero attached hydrogens (tertiary/aromatic N) is 2. The minimum atomic E-state index is -2.88. The first kappa shape index (κ1) is 14.0. The summed E-state index contributed by atoms with van der Waals surface area (Å²) in [7, 11) is -1.05. The number of sulfone groups is 1. The van der Waals surface area contributed by atoms with Gasteiger partial charge in [-0.05, 0) is 12.8 Å². The third kappa shape index (κ3) is 3.34. The van der Waals surface area contributed by atoms with Crippen LogP contribution >= 0.6 is 0 Å². The summed E-state index contributed by atoms with van der Waals surface area (Å²) < 4.78 is 23.0. The Morgan fingerprint density at radius 3 is 2.68 bits per heavy atom. The van der Waals surface area contributed by atoms with Crippen molar-refractivity contribution in [2.24, 2.45) is 0 Å². The van der Waals surface area contributed by atoms with Crippen LogP contribution in [0.25, 0.3) is 0 Å². The first-order valence-electron chi connectivity index (χ1n) is 6.54. The standard InChI is InChI=1S/C12H20N4O2S/c1-3-4-10-11(13-2)14-8-15-12(10)16-9-5-6-19(17,18)7-9/h8-9H,3-7H2,1-2H3,(H2,13,14,15,16). The Morgan fingerprint density at radius 1 is 1.37 bits per heavy atom. The maximum atomic E-state index is 11.5. The van der Waals surface area contributed by atoms with Crippen molar-refractivity contribution in [1.82, 2.24) is 9.97 Å². The molecular weight excluding hydrogens is 264 g/mol. The van der Waals surface area contributed by atoms with Crippen LogP contribution in [0.1, 0.15) is 25.3 Å². The largest absolute Gasteiger partial charge is 0.373 e. The Labute approximate surface area is 114 Å². The van der Waals surface area contributed by atoms with Crippen molar-refractivity contribution in [3.63, 3.8) is 0 Å². The molecule has 19 heavy (non-hydrogen) atoms. The molecule has 2 rings (SSSR count). The van der Waals surface area contributed by atoms with Gasteiger partial charge in [-0.2, -0.15) is 0 Å². The van der Waals surface area contributed by atoms with Gasteiger partial charge in [-0.1, -0.05) is 13.3 Å². The Bertz CT molecular complexity index is 545. The van der Waals surface area contributed by atoms with Gasteiger partial charge in [0.05, 0.1) is 11.5 Å². The second-order valence-electron chi connectivity index (χ2n) is 4.79. The highest BCUT2D eigenvalue weighted by molar-refractivity contribution is 7.91. The summed E-state index contributed by atoms with van der Waals surface area (Å²) in [6.45, 7) is 2.09. The van der Waals surface area contributed by atoms with Crippen LogP contribution in [0.4, 0.5) is 11.6 Å². The van der Waals surface area contributed by atoms with E-state index in [0.717, 1.165) is 30.0 Å². The molecule has 0 bridgehead atoms. The van der Waals surface area contributed by atoms with Crippen LogP contribution in [0.5, 0.6) is 0 Å². The monoisotopic (exact) mass is 284 g/mol. The molecule has 1 atom stereocenters. The number of rotatable bonds is 5. The van der Waals surface area contributed by atoms with E-state index in [4.69, 9.17) is 0 Å². The van der Waals surface area contributed by atoms with E-state index in [1.807, 2.05) is 7.05 Å². The number of aromatic nitrogens is 2. The predicted octanol–water partition coefficient (Wildman–Crippen LogP) is 1.07. The number of anilines is 2. The van der Waals surface area contributed by atoms with Crippen molar-refractivity contribution in [3.8, 4) is 0 Å². The van der Waals surface area contributed by atoms with Gasteiger partial charge in [0.15, 0.2) is 9.84 Å². The molecule has 2 N–H and O–H groups in total. The maximum Gasteiger partial charge on any atom is 0.152 e. The van der Waals surface area contributed by atoms with Crippen molar-refractivity contribution in [1.29, 1.82) is 0 Å². The Morgan fingerprint density at radius 2 is 2.11 bits per heavy atom. The first-order chi connectivity index (χ1) is 9.05. The first-order valence-corrected chi connectivity index (χ1v) is 8.36. The van der Waals surface area contributed by atoms with E-state index in [9.17, 15) is 8.42 Å². The fourth-order valence-corrected chi connectivity index (χ4v) is 4.01. The minimum absolute atomic E-state index is 0.0415. The van der Waals surface area contributed by atoms with E-state index >= 15 is 0 Å². The molecule has 0 amide bonds. The molecule has 0 radical (unpaired) electrons. The van der Waals surface area contributed by atoms with Crippen molar-refractivity contribution in [3.05, 3.63) is 11.9 Å². The molecule has 1 aromatic heterocycles. The second kappa shape index (κ2) is 5.73. The number of nitrogens with one attached hydrogen (secondary N) is 2. The van der Waals surface area contributed by atoms with E-state index < -0.39 is 9.84 Å². The summed E-state index contributed by atoms with van der Waals surface area (Å²) in [6, 6.07) is -0.0415. The molecule has 0 saturated carbocycles. The minimum Gasteiger partial charge on any atom is -0.373 e. The molecule has 0 spiro atoms. The summed E-state index contributed by atoms with van der Waals surface area (Å²) in [5.74, 6) is 2.01. The van der Waals surface area contributed by atoms with Crippen molar-refractivity contribution < 1.29 is 8.42 Å². The lowest BCUT2D eigenvalue weighted by Crippen LogP contribution is -2.22. The van der Waals surface area contributed by atoms with Gasteiger partial charge >= 0.3 is 0 Å². The quantitative estimate of drug-likeness (QED) is 0.841. The summed E-state index contributed by atoms with van der Waals surface area (Å²) in [5, 5.41) is 6.31. The van der Waals surface area contributed by atoms with Gasteiger partial charge in [-0.3, -0.25) is 0 Å². The Balaban J connectivity index is 2.20. The van der Waals surface area contributed by atoms with Crippen LogP contribution < -0.4 is 10.6 Å². The molecule has 1 aromatic rings. The Kier molecular flexibility index (Phi) is 4.24. The van der Waals surface area contributed by atoms with Gasteiger partial charge in [0, 0.05) is 18.7 Å². The van der Waals surface area contributed by atoms with Crippen molar-refractivity contribution >= 4 is 21.5 Å². The van der Waals surface area contributed by atoms with Crippen LogP contribution in [0.2, 0.25) is 0 Å². The molecule has 1 saturated heterocycles. The average molecular weight is 284 g/mol. The van der Waals surface area contributed by atoms with Crippen LogP contribution in [0.3, 0.4) is 0 Å². The summed E-state index contributed by atoms with van der Waals surface area (Å²) in [5.41, 5.74) is 1.02. The van der Waals surface area contributed by atoms with Gasteiger partial charge in [-0.25, -0.2) is 18.4 Å². The average Bonchev–Trinajstić information content (AvgIpc) is 2.71. The smallest absolute Gasteiger partial charge is 0.152 e. The van der Waals surface area contributed by atoms with E-state index in [1.165, 1.54) is 6.33 Å². The second-order valence-corrected chi connectivity index (χ2v) is 7.02. The highest BCUT2D eigenvalue weighted by Crippen LogP contribution is 2.24. The predicted molar refractivity (Wildman–Crippen MR) is 76.3 cm³/mol. The third-order valence-corrected chi connectivity index (χ3v) is 5.02. The maximum absolute atomic E-state index is 11.5. The molecular formula is C12H20N4O2S. The normalized spacial score (nSPS) is 21.3. The molecule has 1 aliphatic rings. The van der Waals surface area contributed by atoms with Gasteiger partial charge in [0.1, 0.15) is 18.0 Å². The molecule has 6 nitrogen and oxygen atoms in total. The molecule has 1 fully saturated rings. The van der Waals surface area contributed by atoms with Crippen LogP contribution in [0, 0.1) is 0 Å². The summed E-state index contributed by atoms with van der Waals surface area (Å²) in [4.78, 5) is 8.46. The molecule has 7 heteroatoms. The van der Waals surface area contributed by atoms with Gasteiger partial charge in [0.25, 0.3) is 0 Å². The zero-order chi connectivity index (χ0) is 13.9. The third-order valence-electron chi connectivity index (χ3n) is 3.26. The Hall–Kier alpha value is -1.37. The van der Waals surface area contributed by atoms with E-state index in [2.05, 4.69) is 27.5 Å². The molecule has 1 aliphatic heterocycles. The zero-order valence-electron chi connectivity index (χ0n) is 11.3. The lowest BCUT2D eigenvalue weighted by atomic mass is 10.1. The molecule has 106 valence electrons. The van der Waals surface area contributed by atoms with Crippen LogP contribution in [-0.2, 0) is 16.3 Å². The highest BCUT2D eigenvalue weighted by Gasteiger charge is 2.28. The van der Waals surface area contributed by atoms with Crippen LogP contribution in [0.15, 0.2) is 6.33 Å². The van der Waals surface area contributed by atoms with E-state index in [0.29, 0.717) is 6.42 Å². The topological polar surface area (TPSA) is 84.0 Å². The van der Waals surface area contributed by atoms with Gasteiger partial charge in [-0.15, -0.1) is 0 Å². The van der Waals surface area contributed by atoms with E-state index in [1.54, 1.807) is 0 Å². The van der Waals surface area contributed by atoms with Gasteiger partial charge < -0.3 is 10.6 Å². The molecule has 0 aromatic carbocycles. The fraction of sp³-hybridized carbons (Fsp3) is 0.667. The SMILES string of the molecule is CCCc1c(NC)ncnc1NC1CCS(=O)(=O)C1. The number of hydrogen-bond donors (Lipinski definition) is 2. The van der Waals surface area contributed by atoms with E-state index in [-0.39, 0.29) is 17.5 Å². The zero-order valence-corrected chi connectivity index (χ0v) is 12.1. The fourth-order valence-electron chi connectivity index (χ4n) is 2.34. The number of hydrogen-bond acceptors (Lipinski definition) is 6. The summed E-state index contributed by atoms with van der Waals surface area (Å²) >= 11 is 0. The molecule has 1 unspecified atom stereocenters. The van der Waals surface area contributed by atoms with Crippen molar-refractivity contribution in [2.45, 2.75) is 32.2 Å². The lowest BCUT2D eigenvalue weighted by molar-refractivity contribution is 0.602. The van der Waals surface area contributed by atoms with Crippen molar-refractivity contribution in [2.75, 3.05) is 29.2 Å². The molecule has 0 aliphatic carbocycles. The molecule has 2 heterocycles.